The molecule has 0 heterocycles. The van der Waals surface area contributed by atoms with Crippen molar-refractivity contribution in [3.8, 4) is 0 Å². The summed E-state index contributed by atoms with van der Waals surface area (Å²) >= 11 is 0. The van der Waals surface area contributed by atoms with Gasteiger partial charge in [-0.05, 0) is 31.9 Å². The highest BCUT2D eigenvalue weighted by atomic mass is 14.7. The third-order valence-corrected chi connectivity index (χ3v) is 2.39. The second kappa shape index (κ2) is 5.45. The second-order valence-corrected chi connectivity index (χ2v) is 4.13. The Bertz CT molecular complexity index is 446. The van der Waals surface area contributed by atoms with E-state index in [-0.39, 0.29) is 0 Å². The molecule has 0 aliphatic rings. The van der Waals surface area contributed by atoms with E-state index in [1.807, 2.05) is 19.2 Å². The highest BCUT2D eigenvalue weighted by molar-refractivity contribution is 6.14. The van der Waals surface area contributed by atoms with Crippen LogP contribution in [-0.2, 0) is 0 Å². The van der Waals surface area contributed by atoms with Gasteiger partial charge in [-0.15, -0.1) is 0 Å². The Hall–Kier alpha value is -1.63. The molecule has 0 amide bonds. The highest BCUT2D eigenvalue weighted by Gasteiger charge is 2.07. The molecule has 84 valence electrons. The first-order chi connectivity index (χ1) is 7.56. The maximum atomic E-state index is 4.34. The molecular formula is C15H19N. The van der Waals surface area contributed by atoms with E-state index in [4.69, 9.17) is 0 Å². The van der Waals surface area contributed by atoms with Gasteiger partial charge >= 0.3 is 0 Å². The van der Waals surface area contributed by atoms with Crippen LogP contribution in [0.4, 0.5) is 0 Å². The zero-order valence-corrected chi connectivity index (χ0v) is 10.5. The van der Waals surface area contributed by atoms with E-state index in [0.717, 1.165) is 16.8 Å². The molecule has 0 aromatic heterocycles. The summed E-state index contributed by atoms with van der Waals surface area (Å²) in [5.41, 5.74) is 5.56. The highest BCUT2D eigenvalue weighted by Crippen LogP contribution is 2.15. The van der Waals surface area contributed by atoms with Crippen LogP contribution in [0.3, 0.4) is 0 Å². The van der Waals surface area contributed by atoms with Crippen LogP contribution < -0.4 is 0 Å². The lowest BCUT2D eigenvalue weighted by atomic mass is 9.98. The number of allylic oxidation sites excluding steroid dienone is 3. The van der Waals surface area contributed by atoms with Gasteiger partial charge in [-0.25, -0.2) is 0 Å². The molecule has 0 aliphatic carbocycles. The Morgan fingerprint density at radius 2 is 1.88 bits per heavy atom. The molecular weight excluding hydrogens is 194 g/mol. The Labute approximate surface area is 98.2 Å². The fraction of sp³-hybridized carbons (Fsp3) is 0.267. The molecule has 0 fully saturated rings. The van der Waals surface area contributed by atoms with Crippen LogP contribution in [-0.4, -0.2) is 12.8 Å². The molecule has 0 unspecified atom stereocenters. The van der Waals surface area contributed by atoms with E-state index in [1.54, 1.807) is 0 Å². The third-order valence-electron chi connectivity index (χ3n) is 2.39. The molecule has 1 heteroatoms. The molecule has 1 nitrogen and oxygen atoms in total. The first-order valence-corrected chi connectivity index (χ1v) is 5.43. The van der Waals surface area contributed by atoms with Crippen LogP contribution in [0, 0.1) is 6.92 Å². The fourth-order valence-corrected chi connectivity index (χ4v) is 1.69. The number of aliphatic imine (C=N–C) groups is 1. The van der Waals surface area contributed by atoms with E-state index in [0.29, 0.717) is 0 Å². The molecule has 0 radical (unpaired) electrons. The van der Waals surface area contributed by atoms with Crippen molar-refractivity contribution < 1.29 is 0 Å². The average molecular weight is 213 g/mol. The lowest BCUT2D eigenvalue weighted by Crippen LogP contribution is -2.05. The van der Waals surface area contributed by atoms with Crippen LogP contribution in [0.25, 0.3) is 0 Å². The van der Waals surface area contributed by atoms with E-state index in [9.17, 15) is 0 Å². The summed E-state index contributed by atoms with van der Waals surface area (Å²) in [6.45, 7) is 10.3. The number of hydrogen-bond acceptors (Lipinski definition) is 1. The monoisotopic (exact) mass is 213 g/mol. The van der Waals surface area contributed by atoms with Crippen molar-refractivity contribution >= 4 is 5.71 Å². The van der Waals surface area contributed by atoms with Crippen molar-refractivity contribution in [2.45, 2.75) is 20.8 Å². The number of benzene rings is 1. The zero-order chi connectivity index (χ0) is 12.1. The van der Waals surface area contributed by atoms with Gasteiger partial charge in [0, 0.05) is 12.6 Å². The summed E-state index contributed by atoms with van der Waals surface area (Å²) in [5.74, 6) is 0. The summed E-state index contributed by atoms with van der Waals surface area (Å²) in [6, 6.07) is 8.25. The van der Waals surface area contributed by atoms with Gasteiger partial charge in [0.2, 0.25) is 0 Å². The molecule has 16 heavy (non-hydrogen) atoms. The summed E-state index contributed by atoms with van der Waals surface area (Å²) in [6.07, 6.45) is 2.06. The van der Waals surface area contributed by atoms with Crippen molar-refractivity contribution in [3.05, 3.63) is 59.2 Å². The normalized spacial score (nSPS) is 11.1. The quantitative estimate of drug-likeness (QED) is 0.533. The maximum absolute atomic E-state index is 4.34. The predicted octanol–water partition coefficient (Wildman–Crippen LogP) is 3.94. The van der Waals surface area contributed by atoms with Gasteiger partial charge in [0.15, 0.2) is 0 Å². The first kappa shape index (κ1) is 12.4. The van der Waals surface area contributed by atoms with Gasteiger partial charge in [-0.2, -0.15) is 0 Å². The summed E-state index contributed by atoms with van der Waals surface area (Å²) in [4.78, 5) is 4.34. The summed E-state index contributed by atoms with van der Waals surface area (Å²) in [7, 11) is 1.81. The van der Waals surface area contributed by atoms with E-state index < -0.39 is 0 Å². The lowest BCUT2D eigenvalue weighted by molar-refractivity contribution is 1.35. The number of nitrogens with zero attached hydrogens (tertiary/aromatic N) is 1. The van der Waals surface area contributed by atoms with Crippen LogP contribution in [0.5, 0.6) is 0 Å². The Morgan fingerprint density at radius 1 is 1.25 bits per heavy atom. The largest absolute Gasteiger partial charge is 0.287 e. The second-order valence-electron chi connectivity index (χ2n) is 4.13. The fourth-order valence-electron chi connectivity index (χ4n) is 1.69. The first-order valence-electron chi connectivity index (χ1n) is 5.43. The molecule has 1 rings (SSSR count). The van der Waals surface area contributed by atoms with Crippen LogP contribution >= 0.6 is 0 Å². The zero-order valence-electron chi connectivity index (χ0n) is 10.5. The van der Waals surface area contributed by atoms with E-state index in [2.05, 4.69) is 50.6 Å². The number of hydrogen-bond donors (Lipinski definition) is 0. The minimum Gasteiger partial charge on any atom is -0.287 e. The number of aryl methyl sites for hydroxylation is 1. The van der Waals surface area contributed by atoms with Crippen molar-refractivity contribution in [2.24, 2.45) is 4.99 Å². The summed E-state index contributed by atoms with van der Waals surface area (Å²) < 4.78 is 0. The molecule has 0 N–H and O–H groups in total. The maximum Gasteiger partial charge on any atom is 0.0712 e. The Morgan fingerprint density at radius 3 is 2.38 bits per heavy atom. The standard InChI is InChI=1S/C15H19N/c1-11(2)10-13(4)15(16-5)14-9-7-6-8-12(14)3/h6-10H,4H2,1-3,5H3/b16-15-. The predicted molar refractivity (Wildman–Crippen MR) is 72.2 cm³/mol. The Balaban J connectivity index is 3.16. The molecule has 1 aromatic rings. The van der Waals surface area contributed by atoms with Gasteiger partial charge in [0.05, 0.1) is 5.71 Å². The van der Waals surface area contributed by atoms with Crippen molar-refractivity contribution in [1.29, 1.82) is 0 Å². The van der Waals surface area contributed by atoms with Gasteiger partial charge in [-0.1, -0.05) is 42.5 Å². The van der Waals surface area contributed by atoms with Crippen molar-refractivity contribution in [3.63, 3.8) is 0 Å². The molecule has 0 saturated heterocycles. The van der Waals surface area contributed by atoms with Gasteiger partial charge in [-0.3, -0.25) is 4.99 Å². The smallest absolute Gasteiger partial charge is 0.0712 e. The minimum absolute atomic E-state index is 0.969. The average Bonchev–Trinajstić information content (AvgIpc) is 2.20. The Kier molecular flexibility index (Phi) is 4.24. The summed E-state index contributed by atoms with van der Waals surface area (Å²) in [5, 5.41) is 0. The van der Waals surface area contributed by atoms with Crippen LogP contribution in [0.15, 0.2) is 53.1 Å². The van der Waals surface area contributed by atoms with Crippen molar-refractivity contribution in [1.82, 2.24) is 0 Å². The van der Waals surface area contributed by atoms with Gasteiger partial charge in [0.1, 0.15) is 0 Å². The molecule has 0 atom stereocenters. The number of rotatable bonds is 3. The lowest BCUT2D eigenvalue weighted by Gasteiger charge is -2.09. The van der Waals surface area contributed by atoms with Gasteiger partial charge < -0.3 is 0 Å². The SMILES string of the molecule is C=C(C=C(C)C)/C(=N/C)c1ccccc1C. The molecule has 0 aliphatic heterocycles. The molecule has 0 saturated carbocycles. The van der Waals surface area contributed by atoms with Gasteiger partial charge in [0.25, 0.3) is 0 Å². The van der Waals surface area contributed by atoms with E-state index >= 15 is 0 Å². The van der Waals surface area contributed by atoms with Crippen LogP contribution in [0.1, 0.15) is 25.0 Å². The third kappa shape index (κ3) is 2.93. The van der Waals surface area contributed by atoms with Crippen molar-refractivity contribution in [2.75, 3.05) is 7.05 Å². The van der Waals surface area contributed by atoms with Crippen LogP contribution in [0.2, 0.25) is 0 Å². The molecule has 1 aromatic carbocycles. The molecule has 0 spiro atoms. The van der Waals surface area contributed by atoms with E-state index in [1.165, 1.54) is 11.1 Å². The minimum atomic E-state index is 0.969. The molecule has 0 bridgehead atoms. The topological polar surface area (TPSA) is 12.4 Å².